The van der Waals surface area contributed by atoms with Gasteiger partial charge in [-0.1, -0.05) is 42.5 Å². The number of carbonyl (C=O) groups excluding carboxylic acids is 2. The maximum absolute atomic E-state index is 12.1. The molecule has 1 aliphatic heterocycles. The fraction of sp³-hybridized carbons (Fsp3) is 0.263. The number of benzene rings is 2. The molecule has 1 amide bonds. The number of hydrogen-bond acceptors (Lipinski definition) is 4. The van der Waals surface area contributed by atoms with E-state index < -0.39 is 0 Å². The van der Waals surface area contributed by atoms with Gasteiger partial charge in [0.1, 0.15) is 0 Å². The highest BCUT2D eigenvalue weighted by Gasteiger charge is 2.18. The number of nitrogens with one attached hydrogen (secondary N) is 1. The molecule has 0 bridgehead atoms. The van der Waals surface area contributed by atoms with Gasteiger partial charge in [-0.2, -0.15) is 0 Å². The predicted octanol–water partition coefficient (Wildman–Crippen LogP) is 4.77. The normalized spacial score (nSPS) is 14.5. The lowest BCUT2D eigenvalue weighted by Gasteiger charge is -2.11. The SMILES string of the molecule is O=C(CCC(=O)c1ccccc1)Nc1cccc(C2SCCS2)c1. The molecule has 1 saturated heterocycles. The molecule has 2 aromatic carbocycles. The van der Waals surface area contributed by atoms with Gasteiger partial charge in [-0.15, -0.1) is 23.5 Å². The first-order valence-corrected chi connectivity index (χ1v) is 10.0. The molecule has 3 nitrogen and oxygen atoms in total. The van der Waals surface area contributed by atoms with Crippen molar-refractivity contribution in [2.24, 2.45) is 0 Å². The zero-order valence-corrected chi connectivity index (χ0v) is 14.9. The third kappa shape index (κ3) is 4.65. The van der Waals surface area contributed by atoms with E-state index in [4.69, 9.17) is 0 Å². The molecule has 0 saturated carbocycles. The number of thioether (sulfide) groups is 2. The molecule has 1 fully saturated rings. The first-order valence-electron chi connectivity index (χ1n) is 7.93. The highest BCUT2D eigenvalue weighted by atomic mass is 32.2. The summed E-state index contributed by atoms with van der Waals surface area (Å²) < 4.78 is 0.460. The number of ketones is 1. The van der Waals surface area contributed by atoms with Crippen molar-refractivity contribution in [3.05, 3.63) is 65.7 Å². The molecule has 1 aliphatic rings. The largest absolute Gasteiger partial charge is 0.326 e. The minimum Gasteiger partial charge on any atom is -0.326 e. The van der Waals surface area contributed by atoms with E-state index in [0.717, 1.165) is 5.69 Å². The lowest BCUT2D eigenvalue weighted by atomic mass is 10.1. The zero-order chi connectivity index (χ0) is 16.8. The van der Waals surface area contributed by atoms with E-state index in [1.807, 2.05) is 59.9 Å². The Labute approximate surface area is 150 Å². The summed E-state index contributed by atoms with van der Waals surface area (Å²) in [6.07, 6.45) is 0.425. The lowest BCUT2D eigenvalue weighted by Crippen LogP contribution is -2.13. The third-order valence-electron chi connectivity index (χ3n) is 3.74. The molecule has 0 unspecified atom stereocenters. The minimum absolute atomic E-state index is 0.00161. The molecule has 24 heavy (non-hydrogen) atoms. The van der Waals surface area contributed by atoms with Gasteiger partial charge < -0.3 is 5.32 Å². The number of anilines is 1. The number of amides is 1. The molecule has 0 aromatic heterocycles. The van der Waals surface area contributed by atoms with E-state index in [-0.39, 0.29) is 24.5 Å². The van der Waals surface area contributed by atoms with E-state index in [1.54, 1.807) is 12.1 Å². The van der Waals surface area contributed by atoms with Crippen LogP contribution in [0.5, 0.6) is 0 Å². The van der Waals surface area contributed by atoms with Crippen molar-refractivity contribution >= 4 is 40.9 Å². The Morgan fingerprint density at radius 2 is 1.71 bits per heavy atom. The average molecular weight is 358 g/mol. The van der Waals surface area contributed by atoms with E-state index in [1.165, 1.54) is 17.1 Å². The van der Waals surface area contributed by atoms with Crippen molar-refractivity contribution in [2.45, 2.75) is 17.4 Å². The van der Waals surface area contributed by atoms with Gasteiger partial charge in [-0.3, -0.25) is 9.59 Å². The average Bonchev–Trinajstić information content (AvgIpc) is 3.15. The summed E-state index contributed by atoms with van der Waals surface area (Å²) in [4.78, 5) is 24.2. The topological polar surface area (TPSA) is 46.2 Å². The Kier molecular flexibility index (Phi) is 5.99. The molecule has 2 aromatic rings. The van der Waals surface area contributed by atoms with Crippen LogP contribution in [0.4, 0.5) is 5.69 Å². The Balaban J connectivity index is 1.53. The van der Waals surface area contributed by atoms with Crippen LogP contribution in [0, 0.1) is 0 Å². The summed E-state index contributed by atoms with van der Waals surface area (Å²) in [5.41, 5.74) is 2.70. The molecule has 0 aliphatic carbocycles. The molecule has 0 atom stereocenters. The maximum Gasteiger partial charge on any atom is 0.224 e. The Morgan fingerprint density at radius 3 is 2.46 bits per heavy atom. The van der Waals surface area contributed by atoms with Crippen LogP contribution in [-0.4, -0.2) is 23.2 Å². The zero-order valence-electron chi connectivity index (χ0n) is 13.2. The van der Waals surface area contributed by atoms with Crippen molar-refractivity contribution < 1.29 is 9.59 Å². The second-order valence-electron chi connectivity index (χ2n) is 5.54. The van der Waals surface area contributed by atoms with Gasteiger partial charge in [0, 0.05) is 35.6 Å². The molecule has 0 radical (unpaired) electrons. The summed E-state index contributed by atoms with van der Waals surface area (Å²) in [6.45, 7) is 0. The number of rotatable bonds is 6. The van der Waals surface area contributed by atoms with Crippen LogP contribution in [0.3, 0.4) is 0 Å². The summed E-state index contributed by atoms with van der Waals surface area (Å²) in [6, 6.07) is 17.1. The van der Waals surface area contributed by atoms with Crippen LogP contribution in [0.1, 0.15) is 33.3 Å². The molecule has 3 rings (SSSR count). The van der Waals surface area contributed by atoms with E-state index >= 15 is 0 Å². The summed E-state index contributed by atoms with van der Waals surface area (Å²) in [7, 11) is 0. The van der Waals surface area contributed by atoms with Crippen LogP contribution in [-0.2, 0) is 4.79 Å². The molecular weight excluding hydrogens is 338 g/mol. The second kappa shape index (κ2) is 8.40. The highest BCUT2D eigenvalue weighted by Crippen LogP contribution is 2.45. The van der Waals surface area contributed by atoms with Crippen LogP contribution in [0.2, 0.25) is 0 Å². The Hall–Kier alpha value is -1.72. The monoisotopic (exact) mass is 357 g/mol. The maximum atomic E-state index is 12.1. The summed E-state index contributed by atoms with van der Waals surface area (Å²) >= 11 is 3.88. The van der Waals surface area contributed by atoms with Crippen LogP contribution < -0.4 is 5.32 Å². The third-order valence-corrected chi connectivity index (χ3v) is 6.84. The molecule has 0 spiro atoms. The summed E-state index contributed by atoms with van der Waals surface area (Å²) in [5, 5.41) is 2.90. The van der Waals surface area contributed by atoms with Crippen LogP contribution in [0.25, 0.3) is 0 Å². The molecule has 5 heteroatoms. The van der Waals surface area contributed by atoms with Crippen LogP contribution in [0.15, 0.2) is 54.6 Å². The van der Waals surface area contributed by atoms with Crippen LogP contribution >= 0.6 is 23.5 Å². The van der Waals surface area contributed by atoms with Crippen molar-refractivity contribution in [1.82, 2.24) is 0 Å². The Morgan fingerprint density at radius 1 is 0.958 bits per heavy atom. The second-order valence-corrected chi connectivity index (χ2v) is 8.26. The fourth-order valence-corrected chi connectivity index (χ4v) is 5.37. The number of Topliss-reactive ketones (excluding diaryl/α,β-unsaturated/α-hetero) is 1. The fourth-order valence-electron chi connectivity index (χ4n) is 2.53. The van der Waals surface area contributed by atoms with E-state index in [9.17, 15) is 9.59 Å². The Bertz CT molecular complexity index is 712. The van der Waals surface area contributed by atoms with Crippen molar-refractivity contribution in [1.29, 1.82) is 0 Å². The van der Waals surface area contributed by atoms with Gasteiger partial charge in [0.05, 0.1) is 4.58 Å². The van der Waals surface area contributed by atoms with Crippen molar-refractivity contribution in [3.63, 3.8) is 0 Å². The van der Waals surface area contributed by atoms with E-state index in [2.05, 4.69) is 11.4 Å². The first kappa shape index (κ1) is 17.1. The molecule has 1 heterocycles. The first-order chi connectivity index (χ1) is 11.7. The molecule has 1 N–H and O–H groups in total. The highest BCUT2D eigenvalue weighted by molar-refractivity contribution is 8.19. The minimum atomic E-state index is -0.122. The standard InChI is InChI=1S/C19H19NO2S2/c21-17(14-5-2-1-3-6-14)9-10-18(22)20-16-8-4-7-15(13-16)19-23-11-12-24-19/h1-8,13,19H,9-12H2,(H,20,22). The van der Waals surface area contributed by atoms with Gasteiger partial charge in [0.2, 0.25) is 5.91 Å². The number of hydrogen-bond donors (Lipinski definition) is 1. The molecule has 124 valence electrons. The molecular formula is C19H19NO2S2. The predicted molar refractivity (Wildman–Crippen MR) is 103 cm³/mol. The van der Waals surface area contributed by atoms with Crippen molar-refractivity contribution in [3.8, 4) is 0 Å². The quantitative estimate of drug-likeness (QED) is 0.757. The van der Waals surface area contributed by atoms with Crippen molar-refractivity contribution in [2.75, 3.05) is 16.8 Å². The number of carbonyl (C=O) groups is 2. The lowest BCUT2D eigenvalue weighted by molar-refractivity contribution is -0.116. The smallest absolute Gasteiger partial charge is 0.224 e. The van der Waals surface area contributed by atoms with Gasteiger partial charge in [0.25, 0.3) is 0 Å². The van der Waals surface area contributed by atoms with Gasteiger partial charge in [-0.05, 0) is 17.7 Å². The van der Waals surface area contributed by atoms with Gasteiger partial charge in [0.15, 0.2) is 5.78 Å². The van der Waals surface area contributed by atoms with Gasteiger partial charge in [-0.25, -0.2) is 0 Å². The van der Waals surface area contributed by atoms with Gasteiger partial charge >= 0.3 is 0 Å². The van der Waals surface area contributed by atoms with E-state index in [0.29, 0.717) is 10.1 Å². The summed E-state index contributed by atoms with van der Waals surface area (Å²) in [5.74, 6) is 2.22.